The minimum Gasteiger partial charge on any atom is -0.460 e. The summed E-state index contributed by atoms with van der Waals surface area (Å²) in [5, 5.41) is 16.0. The van der Waals surface area contributed by atoms with Gasteiger partial charge in [-0.2, -0.15) is 0 Å². The van der Waals surface area contributed by atoms with Gasteiger partial charge in [-0.1, -0.05) is 0 Å². The van der Waals surface area contributed by atoms with E-state index in [-0.39, 0.29) is 30.4 Å². The van der Waals surface area contributed by atoms with Gasteiger partial charge in [0.25, 0.3) is 0 Å². The molecule has 0 aliphatic carbocycles. The zero-order valence-corrected chi connectivity index (χ0v) is 20.4. The van der Waals surface area contributed by atoms with Crippen LogP contribution in [0.25, 0.3) is 17.1 Å². The summed E-state index contributed by atoms with van der Waals surface area (Å²) >= 11 is 0. The van der Waals surface area contributed by atoms with Gasteiger partial charge in [0.05, 0.1) is 6.61 Å². The second-order valence-corrected chi connectivity index (χ2v) is 8.53. The highest BCUT2D eigenvalue weighted by molar-refractivity contribution is 6.26. The fourth-order valence-electron chi connectivity index (χ4n) is 3.67. The smallest absolute Gasteiger partial charge is 0.347 e. The van der Waals surface area contributed by atoms with Gasteiger partial charge in [0.15, 0.2) is 11.3 Å². The molecular formula is C26H29N5O5. The van der Waals surface area contributed by atoms with Gasteiger partial charge in [-0.15, -0.1) is 0 Å². The molecule has 0 saturated carbocycles. The number of hydrogen-bond acceptors (Lipinski definition) is 9. The normalized spacial score (nSPS) is 14.6. The van der Waals surface area contributed by atoms with Gasteiger partial charge in [-0.25, -0.2) is 9.78 Å². The first-order valence-corrected chi connectivity index (χ1v) is 11.5. The maximum absolute atomic E-state index is 13.3. The molecule has 3 heterocycles. The number of nitrogens with zero attached hydrogens (tertiary/aromatic N) is 2. The number of ketones is 1. The van der Waals surface area contributed by atoms with E-state index in [1.165, 1.54) is 0 Å². The fraction of sp³-hybridized carbons (Fsp3) is 0.269. The Balaban J connectivity index is 1.63. The highest BCUT2D eigenvalue weighted by atomic mass is 16.5. The summed E-state index contributed by atoms with van der Waals surface area (Å²) in [6, 6.07) is 9.20. The zero-order chi connectivity index (χ0) is 25.7. The first-order valence-electron chi connectivity index (χ1n) is 11.5. The number of aromatic nitrogens is 2. The van der Waals surface area contributed by atoms with Crippen LogP contribution in [-0.4, -0.2) is 72.1 Å². The third-order valence-electron chi connectivity index (χ3n) is 5.55. The highest BCUT2D eigenvalue weighted by Gasteiger charge is 2.37. The second kappa shape index (κ2) is 11.1. The van der Waals surface area contributed by atoms with E-state index in [2.05, 4.69) is 20.6 Å². The van der Waals surface area contributed by atoms with Gasteiger partial charge >= 0.3 is 5.97 Å². The van der Waals surface area contributed by atoms with E-state index in [1.54, 1.807) is 30.6 Å². The van der Waals surface area contributed by atoms with E-state index in [0.29, 0.717) is 30.0 Å². The average molecular weight is 492 g/mol. The largest absolute Gasteiger partial charge is 0.460 e. The Kier molecular flexibility index (Phi) is 7.67. The number of rotatable bonds is 10. The number of hydrogen-bond donors (Lipinski definition) is 4. The predicted molar refractivity (Wildman–Crippen MR) is 137 cm³/mol. The number of pyridine rings is 1. The summed E-state index contributed by atoms with van der Waals surface area (Å²) in [7, 11) is 3.73. The lowest BCUT2D eigenvalue weighted by atomic mass is 10.1. The van der Waals surface area contributed by atoms with Crippen LogP contribution in [-0.2, 0) is 19.1 Å². The molecule has 2 aromatic heterocycles. The lowest BCUT2D eigenvalue weighted by Crippen LogP contribution is -2.23. The molecule has 0 amide bonds. The molecule has 36 heavy (non-hydrogen) atoms. The van der Waals surface area contributed by atoms with Crippen LogP contribution in [0.5, 0.6) is 0 Å². The molecule has 1 aliphatic rings. The van der Waals surface area contributed by atoms with Crippen molar-refractivity contribution < 1.29 is 24.2 Å². The Morgan fingerprint density at radius 2 is 2.14 bits per heavy atom. The summed E-state index contributed by atoms with van der Waals surface area (Å²) < 4.78 is 11.3. The number of aryl methyl sites for hydroxylation is 1. The number of anilines is 2. The van der Waals surface area contributed by atoms with Crippen molar-refractivity contribution in [2.75, 3.05) is 51.0 Å². The minimum atomic E-state index is -0.757. The number of esters is 1. The van der Waals surface area contributed by atoms with E-state index in [9.17, 15) is 9.59 Å². The van der Waals surface area contributed by atoms with E-state index in [4.69, 9.17) is 14.6 Å². The molecule has 10 heteroatoms. The van der Waals surface area contributed by atoms with Crippen molar-refractivity contribution >= 4 is 40.2 Å². The van der Waals surface area contributed by atoms with Gasteiger partial charge in [-0.3, -0.25) is 4.79 Å². The molecule has 0 radical (unpaired) electrons. The molecule has 0 atom stereocenters. The Morgan fingerprint density at radius 1 is 1.31 bits per heavy atom. The van der Waals surface area contributed by atoms with Gasteiger partial charge < -0.3 is 35.1 Å². The lowest BCUT2D eigenvalue weighted by Gasteiger charge is -2.13. The zero-order valence-electron chi connectivity index (χ0n) is 20.4. The number of Topliss-reactive ketones (excluding diaryl/α,β-unsaturated/α-hetero) is 1. The molecular weight excluding hydrogens is 462 g/mol. The SMILES string of the molecule is Cc1cc(NCCO)ccc1NC1=C(C(=O)OCCN(C)C)C(=O)/C(=C/c2c[nH]c3ncccc23)O1. The Morgan fingerprint density at radius 3 is 2.89 bits per heavy atom. The van der Waals surface area contributed by atoms with Crippen molar-refractivity contribution in [3.63, 3.8) is 0 Å². The van der Waals surface area contributed by atoms with Crippen molar-refractivity contribution in [3.8, 4) is 0 Å². The van der Waals surface area contributed by atoms with Crippen molar-refractivity contribution in [1.29, 1.82) is 0 Å². The second-order valence-electron chi connectivity index (χ2n) is 8.53. The third kappa shape index (κ3) is 5.56. The van der Waals surface area contributed by atoms with E-state index < -0.39 is 11.8 Å². The van der Waals surface area contributed by atoms with Crippen LogP contribution in [0.4, 0.5) is 11.4 Å². The molecule has 1 aromatic carbocycles. The van der Waals surface area contributed by atoms with Gasteiger partial charge in [-0.05, 0) is 63.0 Å². The number of aliphatic hydroxyl groups excluding tert-OH is 1. The summed E-state index contributed by atoms with van der Waals surface area (Å²) in [6.07, 6.45) is 4.98. The Bertz CT molecular complexity index is 1340. The molecule has 188 valence electrons. The van der Waals surface area contributed by atoms with E-state index >= 15 is 0 Å². The van der Waals surface area contributed by atoms with Crippen LogP contribution < -0.4 is 10.6 Å². The molecule has 0 fully saturated rings. The maximum Gasteiger partial charge on any atom is 0.347 e. The first kappa shape index (κ1) is 25.0. The van der Waals surface area contributed by atoms with Crippen LogP contribution in [0.15, 0.2) is 59.9 Å². The average Bonchev–Trinajstić information content (AvgIpc) is 3.39. The fourth-order valence-corrected chi connectivity index (χ4v) is 3.67. The number of fused-ring (bicyclic) bond motifs is 1. The van der Waals surface area contributed by atoms with E-state index in [0.717, 1.165) is 16.6 Å². The van der Waals surface area contributed by atoms with Crippen molar-refractivity contribution in [3.05, 3.63) is 71.1 Å². The predicted octanol–water partition coefficient (Wildman–Crippen LogP) is 2.64. The number of carbonyl (C=O) groups is 2. The molecule has 0 saturated heterocycles. The maximum atomic E-state index is 13.3. The number of allylic oxidation sites excluding steroid dienone is 1. The number of ether oxygens (including phenoxy) is 2. The monoisotopic (exact) mass is 491 g/mol. The van der Waals surface area contributed by atoms with E-state index in [1.807, 2.05) is 44.1 Å². The number of H-pyrrole nitrogens is 1. The number of likely N-dealkylation sites (N-methyl/N-ethyl adjacent to an activating group) is 1. The first-order chi connectivity index (χ1) is 17.4. The van der Waals surface area contributed by atoms with Crippen LogP contribution >= 0.6 is 0 Å². The topological polar surface area (TPSA) is 129 Å². The minimum absolute atomic E-state index is 0.000647. The lowest BCUT2D eigenvalue weighted by molar-refractivity contribution is -0.140. The number of aromatic amines is 1. The molecule has 0 spiro atoms. The summed E-state index contributed by atoms with van der Waals surface area (Å²) in [5.41, 5.74) is 3.53. The van der Waals surface area contributed by atoms with Gasteiger partial charge in [0, 0.05) is 47.8 Å². The molecule has 0 bridgehead atoms. The van der Waals surface area contributed by atoms with Crippen LogP contribution in [0.1, 0.15) is 11.1 Å². The van der Waals surface area contributed by atoms with Gasteiger partial charge in [0.1, 0.15) is 12.3 Å². The summed E-state index contributed by atoms with van der Waals surface area (Å²) in [4.78, 5) is 35.4. The van der Waals surface area contributed by atoms with Crippen LogP contribution in [0.3, 0.4) is 0 Å². The Hall–Kier alpha value is -4.15. The van der Waals surface area contributed by atoms with Gasteiger partial charge in [0.2, 0.25) is 11.7 Å². The highest BCUT2D eigenvalue weighted by Crippen LogP contribution is 2.31. The third-order valence-corrected chi connectivity index (χ3v) is 5.55. The molecule has 10 nitrogen and oxygen atoms in total. The Labute approximate surface area is 208 Å². The van der Waals surface area contributed by atoms with Crippen molar-refractivity contribution in [2.24, 2.45) is 0 Å². The standard InChI is InChI=1S/C26H29N5O5/c1-16-13-18(27-9-11-32)6-7-20(16)30-25-22(26(34)35-12-10-31(2)3)23(33)21(36-25)14-17-15-29-24-19(17)5-4-8-28-24/h4-8,13-15,27,30,32H,9-12H2,1-3H3,(H,28,29)/b21-14-. The molecule has 0 unspecified atom stereocenters. The quantitative estimate of drug-likeness (QED) is 0.192. The molecule has 4 rings (SSSR count). The number of benzene rings is 1. The van der Waals surface area contributed by atoms with Crippen molar-refractivity contribution in [2.45, 2.75) is 6.92 Å². The number of aliphatic hydroxyl groups is 1. The van der Waals surface area contributed by atoms with Crippen LogP contribution in [0.2, 0.25) is 0 Å². The van der Waals surface area contributed by atoms with Crippen LogP contribution in [0, 0.1) is 6.92 Å². The number of carbonyl (C=O) groups excluding carboxylic acids is 2. The molecule has 1 aliphatic heterocycles. The molecule has 3 aromatic rings. The summed E-state index contributed by atoms with van der Waals surface area (Å²) in [6.45, 7) is 2.98. The number of nitrogens with one attached hydrogen (secondary N) is 3. The van der Waals surface area contributed by atoms with Crippen molar-refractivity contribution in [1.82, 2.24) is 14.9 Å². The molecule has 4 N–H and O–H groups in total. The summed E-state index contributed by atoms with van der Waals surface area (Å²) in [5.74, 6) is -1.31.